The summed E-state index contributed by atoms with van der Waals surface area (Å²) >= 11 is 5.85. The van der Waals surface area contributed by atoms with E-state index in [-0.39, 0.29) is 24.9 Å². The number of rotatable bonds is 3. The Balaban J connectivity index is 0.00000192. The number of tetrazole rings is 1. The van der Waals surface area contributed by atoms with Crippen LogP contribution in [0.4, 0.5) is 0 Å². The van der Waals surface area contributed by atoms with Gasteiger partial charge in [0.1, 0.15) is 6.54 Å². The molecule has 0 saturated carbocycles. The fraction of sp³-hybridized carbons (Fsp3) is 0.429. The summed E-state index contributed by atoms with van der Waals surface area (Å²) in [6.07, 6.45) is 0. The molecule has 1 saturated heterocycles. The van der Waals surface area contributed by atoms with E-state index in [2.05, 4.69) is 27.7 Å². The molecule has 9 heteroatoms. The van der Waals surface area contributed by atoms with E-state index in [1.807, 2.05) is 17.0 Å². The van der Waals surface area contributed by atoms with Crippen LogP contribution in [0.1, 0.15) is 6.92 Å². The molecular formula is C14H18Cl2N6O. The van der Waals surface area contributed by atoms with Crippen LogP contribution in [0, 0.1) is 0 Å². The number of aromatic nitrogens is 4. The van der Waals surface area contributed by atoms with Crippen LogP contribution in [0.25, 0.3) is 11.4 Å². The first kappa shape index (κ1) is 17.7. The number of piperazine rings is 1. The second-order valence-electron chi connectivity index (χ2n) is 5.35. The Bertz CT molecular complexity index is 660. The van der Waals surface area contributed by atoms with Gasteiger partial charge in [0.2, 0.25) is 11.7 Å². The van der Waals surface area contributed by atoms with Gasteiger partial charge in [-0.15, -0.1) is 22.6 Å². The van der Waals surface area contributed by atoms with E-state index in [9.17, 15) is 4.79 Å². The molecule has 1 aliphatic heterocycles. The summed E-state index contributed by atoms with van der Waals surface area (Å²) in [4.78, 5) is 15.4. The Hall–Kier alpha value is -1.70. The van der Waals surface area contributed by atoms with Gasteiger partial charge in [-0.2, -0.15) is 4.80 Å². The third-order valence-electron chi connectivity index (χ3n) is 3.55. The van der Waals surface area contributed by atoms with E-state index in [1.165, 1.54) is 4.80 Å². The van der Waals surface area contributed by atoms with E-state index >= 15 is 0 Å². The van der Waals surface area contributed by atoms with Crippen LogP contribution in [0.5, 0.6) is 0 Å². The molecular weight excluding hydrogens is 339 g/mol. The Kier molecular flexibility index (Phi) is 5.92. The molecule has 1 fully saturated rings. The largest absolute Gasteiger partial charge is 0.338 e. The molecule has 23 heavy (non-hydrogen) atoms. The van der Waals surface area contributed by atoms with Gasteiger partial charge in [-0.3, -0.25) is 4.79 Å². The van der Waals surface area contributed by atoms with Crippen molar-refractivity contribution in [1.82, 2.24) is 30.4 Å². The molecule has 0 bridgehead atoms. The molecule has 2 aromatic rings. The van der Waals surface area contributed by atoms with E-state index < -0.39 is 0 Å². The van der Waals surface area contributed by atoms with Crippen molar-refractivity contribution in [3.63, 3.8) is 0 Å². The van der Waals surface area contributed by atoms with Crippen LogP contribution < -0.4 is 5.32 Å². The summed E-state index contributed by atoms with van der Waals surface area (Å²) < 4.78 is 0. The maximum Gasteiger partial charge on any atom is 0.246 e. The number of carbonyl (C=O) groups is 1. The summed E-state index contributed by atoms with van der Waals surface area (Å²) in [6.45, 7) is 4.40. The van der Waals surface area contributed by atoms with Gasteiger partial charge in [-0.1, -0.05) is 11.6 Å². The normalized spacial score (nSPS) is 17.7. The number of benzene rings is 1. The van der Waals surface area contributed by atoms with E-state index in [4.69, 9.17) is 11.6 Å². The molecule has 124 valence electrons. The summed E-state index contributed by atoms with van der Waals surface area (Å²) in [5.74, 6) is 0.492. The first-order valence-electron chi connectivity index (χ1n) is 7.17. The highest BCUT2D eigenvalue weighted by atomic mass is 35.5. The molecule has 0 aliphatic carbocycles. The van der Waals surface area contributed by atoms with Crippen LogP contribution >= 0.6 is 24.0 Å². The SMILES string of the molecule is CC1CN(C(=O)Cn2nnc(-c3ccc(Cl)cc3)n2)CCN1.Cl. The zero-order chi connectivity index (χ0) is 15.5. The zero-order valence-corrected chi connectivity index (χ0v) is 14.2. The lowest BCUT2D eigenvalue weighted by molar-refractivity contribution is -0.133. The number of nitrogens with one attached hydrogen (secondary N) is 1. The first-order valence-corrected chi connectivity index (χ1v) is 7.54. The molecule has 1 unspecified atom stereocenters. The molecule has 2 heterocycles. The van der Waals surface area contributed by atoms with Gasteiger partial charge in [0.05, 0.1) is 0 Å². The number of halogens is 2. The lowest BCUT2D eigenvalue weighted by Crippen LogP contribution is -2.52. The van der Waals surface area contributed by atoms with Crippen molar-refractivity contribution >= 4 is 29.9 Å². The monoisotopic (exact) mass is 356 g/mol. The number of hydrogen-bond donors (Lipinski definition) is 1. The molecule has 0 spiro atoms. The highest BCUT2D eigenvalue weighted by Gasteiger charge is 2.21. The van der Waals surface area contributed by atoms with Crippen molar-refractivity contribution in [3.05, 3.63) is 29.3 Å². The summed E-state index contributed by atoms with van der Waals surface area (Å²) in [5, 5.41) is 16.1. The smallest absolute Gasteiger partial charge is 0.246 e. The Morgan fingerprint density at radius 1 is 1.39 bits per heavy atom. The molecule has 1 amide bonds. The number of carbonyl (C=O) groups excluding carboxylic acids is 1. The minimum absolute atomic E-state index is 0. The van der Waals surface area contributed by atoms with Gasteiger partial charge in [0, 0.05) is 36.3 Å². The topological polar surface area (TPSA) is 75.9 Å². The average Bonchev–Trinajstić information content (AvgIpc) is 2.96. The molecule has 1 aromatic heterocycles. The molecule has 0 radical (unpaired) electrons. The van der Waals surface area contributed by atoms with E-state index in [0.717, 1.165) is 12.1 Å². The lowest BCUT2D eigenvalue weighted by atomic mass is 10.2. The van der Waals surface area contributed by atoms with Crippen molar-refractivity contribution in [2.24, 2.45) is 0 Å². The molecule has 3 rings (SSSR count). The number of nitrogens with zero attached hydrogens (tertiary/aromatic N) is 5. The maximum atomic E-state index is 12.3. The average molecular weight is 357 g/mol. The molecule has 1 aromatic carbocycles. The van der Waals surface area contributed by atoms with Crippen molar-refractivity contribution in [1.29, 1.82) is 0 Å². The van der Waals surface area contributed by atoms with E-state index in [0.29, 0.717) is 30.0 Å². The maximum absolute atomic E-state index is 12.3. The minimum Gasteiger partial charge on any atom is -0.338 e. The van der Waals surface area contributed by atoms with Gasteiger partial charge in [-0.25, -0.2) is 0 Å². The number of hydrogen-bond acceptors (Lipinski definition) is 5. The van der Waals surface area contributed by atoms with Crippen LogP contribution in [0.3, 0.4) is 0 Å². The Morgan fingerprint density at radius 2 is 2.13 bits per heavy atom. The molecule has 1 aliphatic rings. The van der Waals surface area contributed by atoms with Gasteiger partial charge >= 0.3 is 0 Å². The van der Waals surface area contributed by atoms with Crippen LogP contribution in [0.15, 0.2) is 24.3 Å². The van der Waals surface area contributed by atoms with Crippen LogP contribution in [-0.4, -0.2) is 56.7 Å². The van der Waals surface area contributed by atoms with Crippen molar-refractivity contribution < 1.29 is 4.79 Å². The highest BCUT2D eigenvalue weighted by Crippen LogP contribution is 2.16. The molecule has 7 nitrogen and oxygen atoms in total. The third-order valence-corrected chi connectivity index (χ3v) is 3.81. The third kappa shape index (κ3) is 4.40. The highest BCUT2D eigenvalue weighted by molar-refractivity contribution is 6.30. The summed E-state index contributed by atoms with van der Waals surface area (Å²) in [5.41, 5.74) is 0.818. The van der Waals surface area contributed by atoms with Crippen LogP contribution in [-0.2, 0) is 11.3 Å². The van der Waals surface area contributed by atoms with Crippen molar-refractivity contribution in [3.8, 4) is 11.4 Å². The summed E-state index contributed by atoms with van der Waals surface area (Å²) in [7, 11) is 0. The standard InChI is InChI=1S/C14H17ClN6O.ClH/c1-10-8-20(7-6-16-10)13(22)9-21-18-14(17-19-21)11-2-4-12(15)5-3-11;/h2-5,10,16H,6-9H2,1H3;1H. The van der Waals surface area contributed by atoms with Crippen molar-refractivity contribution in [2.75, 3.05) is 19.6 Å². The van der Waals surface area contributed by atoms with Crippen LogP contribution in [0.2, 0.25) is 5.02 Å². The predicted octanol–water partition coefficient (Wildman–Crippen LogP) is 1.24. The first-order chi connectivity index (χ1) is 10.6. The van der Waals surface area contributed by atoms with Gasteiger partial charge in [0.25, 0.3) is 0 Å². The minimum atomic E-state index is 0. The van der Waals surface area contributed by atoms with Gasteiger partial charge in [0.15, 0.2) is 0 Å². The lowest BCUT2D eigenvalue weighted by Gasteiger charge is -2.31. The fourth-order valence-electron chi connectivity index (χ4n) is 2.40. The van der Waals surface area contributed by atoms with Gasteiger partial charge in [-0.05, 0) is 36.4 Å². The van der Waals surface area contributed by atoms with Gasteiger partial charge < -0.3 is 10.2 Å². The summed E-state index contributed by atoms with van der Waals surface area (Å²) in [6, 6.07) is 7.49. The second-order valence-corrected chi connectivity index (χ2v) is 5.78. The predicted molar refractivity (Wildman–Crippen MR) is 89.6 cm³/mol. The van der Waals surface area contributed by atoms with E-state index in [1.54, 1.807) is 12.1 Å². The number of amides is 1. The fourth-order valence-corrected chi connectivity index (χ4v) is 2.53. The Labute approximate surface area is 145 Å². The Morgan fingerprint density at radius 3 is 2.83 bits per heavy atom. The molecule has 1 N–H and O–H groups in total. The zero-order valence-electron chi connectivity index (χ0n) is 12.6. The second kappa shape index (κ2) is 7.72. The molecule has 1 atom stereocenters. The quantitative estimate of drug-likeness (QED) is 0.895. The van der Waals surface area contributed by atoms with Crippen molar-refractivity contribution in [2.45, 2.75) is 19.5 Å².